The fraction of sp³-hybridized carbons (Fsp3) is 0.458. The Morgan fingerprint density at radius 3 is 2.21 bits per heavy atom. The lowest BCUT2D eigenvalue weighted by molar-refractivity contribution is -0.163. The number of rotatable bonds is 4. The summed E-state index contributed by atoms with van der Waals surface area (Å²) in [5.41, 5.74) is -0.252. The second-order valence-corrected chi connectivity index (χ2v) is 9.16. The Kier molecular flexibility index (Phi) is 5.59. The van der Waals surface area contributed by atoms with Gasteiger partial charge in [-0.15, -0.1) is 0 Å². The lowest BCUT2D eigenvalue weighted by Gasteiger charge is -2.42. The summed E-state index contributed by atoms with van der Waals surface area (Å²) in [5.74, 6) is -3.49. The Labute approximate surface area is 191 Å². The van der Waals surface area contributed by atoms with Crippen LogP contribution in [0.1, 0.15) is 40.5 Å². The van der Waals surface area contributed by atoms with Crippen molar-refractivity contribution < 1.29 is 28.7 Å². The van der Waals surface area contributed by atoms with Crippen molar-refractivity contribution in [2.75, 3.05) is 10.2 Å². The number of nitrogens with zero attached hydrogens (tertiary/aromatic N) is 2. The Hall–Kier alpha value is -3.49. The molecule has 3 aliphatic rings. The molecule has 1 aliphatic carbocycles. The molecule has 0 radical (unpaired) electrons. The van der Waals surface area contributed by atoms with Crippen LogP contribution in [0.4, 0.5) is 11.4 Å². The number of hydrogen-bond acceptors (Lipinski definition) is 6. The number of ether oxygens (including phenoxy) is 1. The first-order valence-corrected chi connectivity index (χ1v) is 11.0. The topological polar surface area (TPSA) is 113 Å². The lowest BCUT2D eigenvalue weighted by atomic mass is 9.85. The molecule has 1 saturated heterocycles. The van der Waals surface area contributed by atoms with Crippen LogP contribution in [-0.2, 0) is 28.7 Å². The zero-order chi connectivity index (χ0) is 24.1. The van der Waals surface area contributed by atoms with Crippen LogP contribution in [-0.4, -0.2) is 52.2 Å². The molecule has 4 unspecified atom stereocenters. The number of hydrogen-bond donors (Lipinski definition) is 1. The van der Waals surface area contributed by atoms with Gasteiger partial charge in [-0.3, -0.25) is 29.0 Å². The second kappa shape index (κ2) is 8.13. The quantitative estimate of drug-likeness (QED) is 0.424. The van der Waals surface area contributed by atoms with E-state index in [0.29, 0.717) is 24.2 Å². The minimum atomic E-state index is -1.24. The van der Waals surface area contributed by atoms with Crippen LogP contribution in [0.25, 0.3) is 0 Å². The molecule has 33 heavy (non-hydrogen) atoms. The number of amides is 4. The summed E-state index contributed by atoms with van der Waals surface area (Å²) in [5, 5.41) is 2.78. The Morgan fingerprint density at radius 1 is 1.03 bits per heavy atom. The zero-order valence-electron chi connectivity index (χ0n) is 19.0. The van der Waals surface area contributed by atoms with Crippen LogP contribution in [0.2, 0.25) is 0 Å². The molecule has 0 saturated carbocycles. The summed E-state index contributed by atoms with van der Waals surface area (Å²) < 4.78 is 5.41. The van der Waals surface area contributed by atoms with Gasteiger partial charge < -0.3 is 10.1 Å². The summed E-state index contributed by atoms with van der Waals surface area (Å²) in [4.78, 5) is 66.6. The average Bonchev–Trinajstić information content (AvgIpc) is 3.03. The van der Waals surface area contributed by atoms with Crippen LogP contribution in [0.5, 0.6) is 0 Å². The molecule has 1 fully saturated rings. The smallest absolute Gasteiger partial charge is 0.329 e. The van der Waals surface area contributed by atoms with Gasteiger partial charge in [0.25, 0.3) is 5.91 Å². The van der Waals surface area contributed by atoms with E-state index in [1.807, 2.05) is 12.2 Å². The van der Waals surface area contributed by atoms with Crippen molar-refractivity contribution in [3.8, 4) is 0 Å². The highest BCUT2D eigenvalue weighted by molar-refractivity contribution is 6.15. The third-order valence-electron chi connectivity index (χ3n) is 6.64. The molecule has 2 heterocycles. The van der Waals surface area contributed by atoms with Gasteiger partial charge in [0.1, 0.15) is 11.6 Å². The van der Waals surface area contributed by atoms with Gasteiger partial charge >= 0.3 is 5.97 Å². The third kappa shape index (κ3) is 3.61. The van der Waals surface area contributed by atoms with Crippen molar-refractivity contribution in [3.05, 3.63) is 36.4 Å². The fourth-order valence-corrected chi connectivity index (χ4v) is 4.66. The second-order valence-electron chi connectivity index (χ2n) is 9.16. The number of likely N-dealkylation sites (tertiary alicyclic amines) is 1. The number of benzene rings is 1. The van der Waals surface area contributed by atoms with E-state index in [1.165, 1.54) is 18.7 Å². The maximum atomic E-state index is 13.3. The molecule has 0 bridgehead atoms. The van der Waals surface area contributed by atoms with E-state index < -0.39 is 41.4 Å². The number of para-hydroxylation sites is 2. The number of imide groups is 1. The molecule has 2 aliphatic heterocycles. The maximum absolute atomic E-state index is 13.3. The predicted molar refractivity (Wildman–Crippen MR) is 119 cm³/mol. The number of anilines is 2. The predicted octanol–water partition coefficient (Wildman–Crippen LogP) is 2.02. The number of allylic oxidation sites excluding steroid dienone is 2. The van der Waals surface area contributed by atoms with Crippen molar-refractivity contribution in [1.82, 2.24) is 4.90 Å². The molecule has 1 aromatic carbocycles. The molecular weight excluding hydrogens is 426 g/mol. The van der Waals surface area contributed by atoms with Gasteiger partial charge in [0.15, 0.2) is 6.10 Å². The van der Waals surface area contributed by atoms with E-state index in [2.05, 4.69) is 5.32 Å². The third-order valence-corrected chi connectivity index (χ3v) is 6.64. The van der Waals surface area contributed by atoms with Gasteiger partial charge in [0.2, 0.25) is 17.7 Å². The van der Waals surface area contributed by atoms with Crippen molar-refractivity contribution in [2.24, 2.45) is 11.8 Å². The maximum Gasteiger partial charge on any atom is 0.329 e. The molecule has 9 heteroatoms. The molecule has 4 atom stereocenters. The van der Waals surface area contributed by atoms with Crippen molar-refractivity contribution in [1.29, 1.82) is 0 Å². The minimum absolute atomic E-state index is 0.370. The Bertz CT molecular complexity index is 1050. The highest BCUT2D eigenvalue weighted by atomic mass is 16.5. The monoisotopic (exact) mass is 453 g/mol. The van der Waals surface area contributed by atoms with Crippen molar-refractivity contribution in [2.45, 2.75) is 58.2 Å². The van der Waals surface area contributed by atoms with E-state index in [0.717, 1.165) is 4.90 Å². The molecule has 174 valence electrons. The Balaban J connectivity index is 1.51. The SMILES string of the molecule is CC(OC(=O)C(C)N1C(=O)C2CC=CCC2C1=O)C(=O)N1c2ccccc2NC(=O)C1(C)C. The number of nitrogens with one attached hydrogen (secondary N) is 1. The van der Waals surface area contributed by atoms with Gasteiger partial charge in [-0.2, -0.15) is 0 Å². The van der Waals surface area contributed by atoms with Gasteiger partial charge in [0, 0.05) is 0 Å². The van der Waals surface area contributed by atoms with Gasteiger partial charge in [-0.05, 0) is 52.7 Å². The molecular formula is C24H27N3O6. The van der Waals surface area contributed by atoms with Crippen LogP contribution in [0.15, 0.2) is 36.4 Å². The normalized spacial score (nSPS) is 25.2. The summed E-state index contributed by atoms with van der Waals surface area (Å²) in [7, 11) is 0. The standard InChI is InChI=1S/C24H27N3O6/c1-13(26-20(29)15-9-5-6-10-16(15)21(26)30)22(31)33-14(2)19(28)27-18-12-8-7-11-17(18)25-23(32)24(27,3)4/h5-8,11-16H,9-10H2,1-4H3,(H,25,32). The van der Waals surface area contributed by atoms with Crippen molar-refractivity contribution in [3.63, 3.8) is 0 Å². The van der Waals surface area contributed by atoms with Gasteiger partial charge in [-0.1, -0.05) is 24.3 Å². The largest absolute Gasteiger partial charge is 0.451 e. The highest BCUT2D eigenvalue weighted by Gasteiger charge is 2.51. The first-order chi connectivity index (χ1) is 15.6. The lowest BCUT2D eigenvalue weighted by Crippen LogP contribution is -2.60. The Morgan fingerprint density at radius 2 is 1.61 bits per heavy atom. The van der Waals surface area contributed by atoms with E-state index in [9.17, 15) is 24.0 Å². The van der Waals surface area contributed by atoms with Crippen LogP contribution >= 0.6 is 0 Å². The number of carbonyl (C=O) groups is 5. The molecule has 0 spiro atoms. The van der Waals surface area contributed by atoms with Gasteiger partial charge in [0.05, 0.1) is 23.2 Å². The number of esters is 1. The van der Waals surface area contributed by atoms with Crippen LogP contribution in [0.3, 0.4) is 0 Å². The summed E-state index contributed by atoms with van der Waals surface area (Å²) in [6.07, 6.45) is 3.43. The number of fused-ring (bicyclic) bond motifs is 2. The highest BCUT2D eigenvalue weighted by Crippen LogP contribution is 2.38. The molecule has 1 N–H and O–H groups in total. The van der Waals surface area contributed by atoms with Crippen molar-refractivity contribution >= 4 is 41.0 Å². The number of carbonyl (C=O) groups excluding carboxylic acids is 5. The van der Waals surface area contributed by atoms with E-state index in [4.69, 9.17) is 4.74 Å². The zero-order valence-corrected chi connectivity index (χ0v) is 19.0. The first kappa shape index (κ1) is 22.7. The summed E-state index contributed by atoms with van der Waals surface area (Å²) in [6, 6.07) is 5.70. The van der Waals surface area contributed by atoms with Crippen LogP contribution < -0.4 is 10.2 Å². The molecule has 9 nitrogen and oxygen atoms in total. The van der Waals surface area contributed by atoms with E-state index >= 15 is 0 Å². The fourth-order valence-electron chi connectivity index (χ4n) is 4.66. The molecule has 0 aromatic heterocycles. The summed E-state index contributed by atoms with van der Waals surface area (Å²) >= 11 is 0. The molecule has 4 rings (SSSR count). The van der Waals surface area contributed by atoms with E-state index in [1.54, 1.807) is 38.1 Å². The van der Waals surface area contributed by atoms with Crippen LogP contribution in [0, 0.1) is 11.8 Å². The van der Waals surface area contributed by atoms with E-state index in [-0.39, 0.29) is 17.7 Å². The molecule has 4 amide bonds. The minimum Gasteiger partial charge on any atom is -0.451 e. The average molecular weight is 453 g/mol. The molecule has 1 aromatic rings. The van der Waals surface area contributed by atoms with Gasteiger partial charge in [-0.25, -0.2) is 4.79 Å². The summed E-state index contributed by atoms with van der Waals surface area (Å²) in [6.45, 7) is 6.04. The first-order valence-electron chi connectivity index (χ1n) is 11.0.